The van der Waals surface area contributed by atoms with Crippen LogP contribution < -0.4 is 5.43 Å². The van der Waals surface area contributed by atoms with E-state index in [-0.39, 0.29) is 5.69 Å². The Morgan fingerprint density at radius 1 is 1.41 bits per heavy atom. The average Bonchev–Trinajstić information content (AvgIpc) is 2.75. The number of alkyl halides is 3. The van der Waals surface area contributed by atoms with Crippen molar-refractivity contribution in [2.75, 3.05) is 26.3 Å². The lowest BCUT2D eigenvalue weighted by atomic mass is 10.3. The average molecular weight is 341 g/mol. The van der Waals surface area contributed by atoms with E-state index in [4.69, 9.17) is 16.3 Å². The van der Waals surface area contributed by atoms with Crippen LogP contribution in [0, 0.1) is 6.92 Å². The van der Waals surface area contributed by atoms with Crippen LogP contribution in [0.15, 0.2) is 0 Å². The first-order chi connectivity index (χ1) is 10.2. The van der Waals surface area contributed by atoms with Gasteiger partial charge in [-0.25, -0.2) is 5.01 Å². The van der Waals surface area contributed by atoms with E-state index in [2.05, 4.69) is 10.5 Å². The van der Waals surface area contributed by atoms with E-state index in [1.807, 2.05) is 0 Å². The highest BCUT2D eigenvalue weighted by Gasteiger charge is 2.39. The minimum Gasteiger partial charge on any atom is -0.379 e. The molecule has 1 aliphatic heterocycles. The van der Waals surface area contributed by atoms with Crippen LogP contribution in [0.4, 0.5) is 13.2 Å². The summed E-state index contributed by atoms with van der Waals surface area (Å²) in [6.07, 6.45) is -4.66. The van der Waals surface area contributed by atoms with Gasteiger partial charge < -0.3 is 4.74 Å². The van der Waals surface area contributed by atoms with E-state index in [0.717, 1.165) is 4.68 Å². The number of halogens is 4. The van der Waals surface area contributed by atoms with Crippen molar-refractivity contribution < 1.29 is 22.7 Å². The number of carbonyl (C=O) groups excluding carboxylic acids is 1. The van der Waals surface area contributed by atoms with E-state index < -0.39 is 28.8 Å². The van der Waals surface area contributed by atoms with Gasteiger partial charge in [0.2, 0.25) is 0 Å². The van der Waals surface area contributed by atoms with E-state index in [0.29, 0.717) is 26.3 Å². The molecule has 2 rings (SSSR count). The number of amides is 1. The molecule has 0 radical (unpaired) electrons. The molecule has 0 spiro atoms. The fraction of sp³-hybridized carbons (Fsp3) is 0.667. The molecule has 1 N–H and O–H groups in total. The summed E-state index contributed by atoms with van der Waals surface area (Å²) < 4.78 is 44.5. The first kappa shape index (κ1) is 17.0. The normalized spacial score (nSPS) is 18.3. The number of carbonyl (C=O) groups is 1. The van der Waals surface area contributed by atoms with E-state index in [9.17, 15) is 18.0 Å². The Balaban J connectivity index is 2.15. The lowest BCUT2D eigenvalue weighted by Gasteiger charge is -2.28. The highest BCUT2D eigenvalue weighted by molar-refractivity contribution is 6.32. The molecule has 124 valence electrons. The Kier molecular flexibility index (Phi) is 4.98. The van der Waals surface area contributed by atoms with Gasteiger partial charge in [0.1, 0.15) is 6.04 Å². The molecule has 0 bridgehead atoms. The molecule has 6 nitrogen and oxygen atoms in total. The SMILES string of the molecule is Cc1c(Cl)c(C(F)(F)F)nn1C(C)C(=O)NN1CCOCC1. The molecule has 22 heavy (non-hydrogen) atoms. The second kappa shape index (κ2) is 6.43. The number of nitrogens with one attached hydrogen (secondary N) is 1. The summed E-state index contributed by atoms with van der Waals surface area (Å²) in [7, 11) is 0. The van der Waals surface area contributed by atoms with E-state index in [1.54, 1.807) is 5.01 Å². The largest absolute Gasteiger partial charge is 0.436 e. The highest BCUT2D eigenvalue weighted by Crippen LogP contribution is 2.36. The lowest BCUT2D eigenvalue weighted by Crippen LogP contribution is -2.50. The molecule has 1 aromatic rings. The fourth-order valence-corrected chi connectivity index (χ4v) is 2.32. The second-order valence-electron chi connectivity index (χ2n) is 4.94. The zero-order valence-corrected chi connectivity index (χ0v) is 12.8. The fourth-order valence-electron chi connectivity index (χ4n) is 2.09. The number of aromatic nitrogens is 2. The maximum Gasteiger partial charge on any atom is 0.436 e. The predicted molar refractivity (Wildman–Crippen MR) is 72.2 cm³/mol. The molecule has 1 aliphatic rings. The zero-order valence-electron chi connectivity index (χ0n) is 12.1. The molecule has 0 aliphatic carbocycles. The van der Waals surface area contributed by atoms with Gasteiger partial charge in [0, 0.05) is 13.1 Å². The number of rotatable bonds is 3. The summed E-state index contributed by atoms with van der Waals surface area (Å²) in [5.41, 5.74) is 1.55. The molecule has 1 unspecified atom stereocenters. The molecule has 1 atom stereocenters. The smallest absolute Gasteiger partial charge is 0.379 e. The first-order valence-corrected chi connectivity index (χ1v) is 7.04. The molecule has 0 aromatic carbocycles. The number of morpholine rings is 1. The molecule has 10 heteroatoms. The van der Waals surface area contributed by atoms with Gasteiger partial charge in [0.25, 0.3) is 5.91 Å². The van der Waals surface area contributed by atoms with Crippen molar-refractivity contribution in [1.29, 1.82) is 0 Å². The van der Waals surface area contributed by atoms with Crippen LogP contribution in [-0.4, -0.2) is 47.0 Å². The standard InChI is InChI=1S/C12H16ClF3N4O2/c1-7-9(13)10(12(14,15)16)17-20(7)8(2)11(21)18-19-3-5-22-6-4-19/h8H,3-6H2,1-2H3,(H,18,21). The minimum absolute atomic E-state index is 0.0959. The Morgan fingerprint density at radius 2 is 2.00 bits per heavy atom. The molecule has 2 heterocycles. The summed E-state index contributed by atoms with van der Waals surface area (Å²) >= 11 is 5.68. The van der Waals surface area contributed by atoms with Crippen molar-refractivity contribution in [1.82, 2.24) is 20.2 Å². The Morgan fingerprint density at radius 3 is 2.50 bits per heavy atom. The minimum atomic E-state index is -4.66. The second-order valence-corrected chi connectivity index (χ2v) is 5.32. The van der Waals surface area contributed by atoms with Crippen molar-refractivity contribution in [2.24, 2.45) is 0 Å². The lowest BCUT2D eigenvalue weighted by molar-refractivity contribution is -0.142. The summed E-state index contributed by atoms with van der Waals surface area (Å²) in [5.74, 6) is -0.460. The van der Waals surface area contributed by atoms with Gasteiger partial charge in [-0.05, 0) is 13.8 Å². The van der Waals surface area contributed by atoms with Crippen molar-refractivity contribution >= 4 is 17.5 Å². The highest BCUT2D eigenvalue weighted by atomic mass is 35.5. The molecular formula is C12H16ClF3N4O2. The Labute approximate surface area is 130 Å². The van der Waals surface area contributed by atoms with Crippen LogP contribution in [-0.2, 0) is 15.7 Å². The van der Waals surface area contributed by atoms with Gasteiger partial charge in [-0.2, -0.15) is 18.3 Å². The molecule has 0 saturated carbocycles. The van der Waals surface area contributed by atoms with Gasteiger partial charge in [-0.1, -0.05) is 11.6 Å². The van der Waals surface area contributed by atoms with Crippen LogP contribution in [0.3, 0.4) is 0 Å². The number of ether oxygens (including phenoxy) is 1. The molecule has 1 aromatic heterocycles. The van der Waals surface area contributed by atoms with Gasteiger partial charge >= 0.3 is 6.18 Å². The van der Waals surface area contributed by atoms with Crippen LogP contribution in [0.1, 0.15) is 24.4 Å². The third kappa shape index (κ3) is 3.53. The van der Waals surface area contributed by atoms with Crippen molar-refractivity contribution in [3.8, 4) is 0 Å². The van der Waals surface area contributed by atoms with Gasteiger partial charge in [-0.15, -0.1) is 0 Å². The van der Waals surface area contributed by atoms with Crippen LogP contribution in [0.2, 0.25) is 5.02 Å². The Hall–Kier alpha value is -1.32. The number of hydrogen-bond acceptors (Lipinski definition) is 4. The topological polar surface area (TPSA) is 59.4 Å². The van der Waals surface area contributed by atoms with Gasteiger partial charge in [0.05, 0.1) is 23.9 Å². The molecule has 1 saturated heterocycles. The van der Waals surface area contributed by atoms with Crippen molar-refractivity contribution in [3.63, 3.8) is 0 Å². The van der Waals surface area contributed by atoms with Crippen molar-refractivity contribution in [2.45, 2.75) is 26.1 Å². The first-order valence-electron chi connectivity index (χ1n) is 6.66. The monoisotopic (exact) mass is 340 g/mol. The predicted octanol–water partition coefficient (Wildman–Crippen LogP) is 1.79. The van der Waals surface area contributed by atoms with Crippen LogP contribution >= 0.6 is 11.6 Å². The maximum absolute atomic E-state index is 12.8. The van der Waals surface area contributed by atoms with Crippen molar-refractivity contribution in [3.05, 3.63) is 16.4 Å². The van der Waals surface area contributed by atoms with E-state index >= 15 is 0 Å². The summed E-state index contributed by atoms with van der Waals surface area (Å²) in [6, 6.07) is -0.920. The van der Waals surface area contributed by atoms with Gasteiger partial charge in [-0.3, -0.25) is 14.9 Å². The third-order valence-corrected chi connectivity index (χ3v) is 3.82. The summed E-state index contributed by atoms with van der Waals surface area (Å²) in [6.45, 7) is 4.87. The number of hydrogen-bond donors (Lipinski definition) is 1. The summed E-state index contributed by atoms with van der Waals surface area (Å²) in [5, 5.41) is 4.62. The van der Waals surface area contributed by atoms with Crippen LogP contribution in [0.25, 0.3) is 0 Å². The molecular weight excluding hydrogens is 325 g/mol. The van der Waals surface area contributed by atoms with E-state index in [1.165, 1.54) is 13.8 Å². The summed E-state index contributed by atoms with van der Waals surface area (Å²) in [4.78, 5) is 12.2. The quantitative estimate of drug-likeness (QED) is 0.911. The molecule has 1 amide bonds. The number of nitrogens with zero attached hydrogens (tertiary/aromatic N) is 3. The Bertz CT molecular complexity index is 555. The third-order valence-electron chi connectivity index (χ3n) is 3.37. The van der Waals surface area contributed by atoms with Crippen LogP contribution in [0.5, 0.6) is 0 Å². The van der Waals surface area contributed by atoms with Gasteiger partial charge in [0.15, 0.2) is 5.69 Å². The molecule has 1 fully saturated rings. The maximum atomic E-state index is 12.8. The zero-order chi connectivity index (χ0) is 16.5. The number of hydrazine groups is 1.